The summed E-state index contributed by atoms with van der Waals surface area (Å²) in [5.41, 5.74) is 1.39. The quantitative estimate of drug-likeness (QED) is 0.480. The fourth-order valence-electron chi connectivity index (χ4n) is 2.22. The summed E-state index contributed by atoms with van der Waals surface area (Å²) in [6, 6.07) is 11.7. The second kappa shape index (κ2) is 6.17. The average molecular weight is 285 g/mol. The van der Waals surface area contributed by atoms with Gasteiger partial charge in [0.25, 0.3) is 5.69 Å². The van der Waals surface area contributed by atoms with Crippen LogP contribution in [0.2, 0.25) is 0 Å². The van der Waals surface area contributed by atoms with E-state index in [-0.39, 0.29) is 23.5 Å². The van der Waals surface area contributed by atoms with Gasteiger partial charge in [-0.3, -0.25) is 14.9 Å². The van der Waals surface area contributed by atoms with Crippen LogP contribution < -0.4 is 4.74 Å². The molecule has 0 aliphatic heterocycles. The van der Waals surface area contributed by atoms with Crippen LogP contribution in [0.5, 0.6) is 5.75 Å². The molecule has 0 saturated heterocycles. The maximum Gasteiger partial charge on any atom is 0.280 e. The molecule has 0 atom stereocenters. The Morgan fingerprint density at radius 1 is 1.24 bits per heavy atom. The van der Waals surface area contributed by atoms with Gasteiger partial charge in [-0.1, -0.05) is 24.3 Å². The Morgan fingerprint density at radius 3 is 2.62 bits per heavy atom. The highest BCUT2D eigenvalue weighted by molar-refractivity contribution is 6.02. The van der Waals surface area contributed by atoms with Gasteiger partial charge in [-0.05, 0) is 30.2 Å². The van der Waals surface area contributed by atoms with E-state index in [1.54, 1.807) is 50.4 Å². The fourth-order valence-corrected chi connectivity index (χ4v) is 2.22. The minimum Gasteiger partial charge on any atom is -0.497 e. The van der Waals surface area contributed by atoms with Gasteiger partial charge in [0.2, 0.25) is 0 Å². The number of rotatable bonds is 5. The molecule has 0 aliphatic rings. The number of carbonyl (C=O) groups is 1. The summed E-state index contributed by atoms with van der Waals surface area (Å²) in [4.78, 5) is 23.0. The van der Waals surface area contributed by atoms with Crippen LogP contribution in [0.4, 0.5) is 5.69 Å². The first-order valence-electron chi connectivity index (χ1n) is 6.43. The van der Waals surface area contributed by atoms with Crippen molar-refractivity contribution in [1.29, 1.82) is 0 Å². The third-order valence-electron chi connectivity index (χ3n) is 3.23. The minimum atomic E-state index is -0.522. The molecule has 0 bridgehead atoms. The number of carbonyl (C=O) groups excluding carboxylic acids is 1. The molecule has 0 radical (unpaired) electrons. The van der Waals surface area contributed by atoms with E-state index in [0.29, 0.717) is 11.3 Å². The van der Waals surface area contributed by atoms with Crippen molar-refractivity contribution in [2.45, 2.75) is 13.3 Å². The van der Waals surface area contributed by atoms with Crippen LogP contribution >= 0.6 is 0 Å². The van der Waals surface area contributed by atoms with E-state index in [9.17, 15) is 14.9 Å². The predicted molar refractivity (Wildman–Crippen MR) is 78.9 cm³/mol. The summed E-state index contributed by atoms with van der Waals surface area (Å²) in [5.74, 6) is 0.382. The number of ether oxygens (including phenoxy) is 1. The smallest absolute Gasteiger partial charge is 0.280 e. The summed E-state index contributed by atoms with van der Waals surface area (Å²) >= 11 is 0. The molecule has 2 aromatic rings. The Balaban J connectivity index is 2.34. The summed E-state index contributed by atoms with van der Waals surface area (Å²) in [7, 11) is 1.55. The molecule has 0 N–H and O–H groups in total. The summed E-state index contributed by atoms with van der Waals surface area (Å²) in [6.45, 7) is 1.70. The zero-order valence-electron chi connectivity index (χ0n) is 11.8. The highest BCUT2D eigenvalue weighted by Crippen LogP contribution is 2.24. The zero-order valence-corrected chi connectivity index (χ0v) is 11.8. The Morgan fingerprint density at radius 2 is 1.95 bits per heavy atom. The SMILES string of the molecule is COc1cccc(CC(=O)c2c(C)cccc2[N+](=O)[O-])c1. The summed E-state index contributed by atoms with van der Waals surface area (Å²) in [5, 5.41) is 11.1. The van der Waals surface area contributed by atoms with E-state index in [1.165, 1.54) is 6.07 Å². The second-order valence-corrected chi connectivity index (χ2v) is 4.68. The first-order valence-corrected chi connectivity index (χ1v) is 6.43. The Bertz CT molecular complexity index is 694. The molecular weight excluding hydrogens is 270 g/mol. The normalized spacial score (nSPS) is 10.2. The fraction of sp³-hybridized carbons (Fsp3) is 0.188. The van der Waals surface area contributed by atoms with Crippen molar-refractivity contribution in [2.24, 2.45) is 0 Å². The largest absolute Gasteiger partial charge is 0.497 e. The van der Waals surface area contributed by atoms with E-state index in [0.717, 1.165) is 5.56 Å². The first kappa shape index (κ1) is 14.7. The lowest BCUT2D eigenvalue weighted by Crippen LogP contribution is -2.09. The van der Waals surface area contributed by atoms with E-state index in [2.05, 4.69) is 0 Å². The van der Waals surface area contributed by atoms with Crippen molar-refractivity contribution in [2.75, 3.05) is 7.11 Å². The van der Waals surface area contributed by atoms with Crippen molar-refractivity contribution < 1.29 is 14.5 Å². The first-order chi connectivity index (χ1) is 10.0. The molecule has 0 spiro atoms. The van der Waals surface area contributed by atoms with Crippen LogP contribution in [-0.4, -0.2) is 17.8 Å². The highest BCUT2D eigenvalue weighted by atomic mass is 16.6. The molecule has 0 fully saturated rings. The van der Waals surface area contributed by atoms with Crippen LogP contribution in [-0.2, 0) is 6.42 Å². The maximum atomic E-state index is 12.4. The van der Waals surface area contributed by atoms with E-state index >= 15 is 0 Å². The number of nitro groups is 1. The van der Waals surface area contributed by atoms with Gasteiger partial charge < -0.3 is 4.74 Å². The Kier molecular flexibility index (Phi) is 4.33. The van der Waals surface area contributed by atoms with Crippen molar-refractivity contribution in [3.05, 3.63) is 69.3 Å². The van der Waals surface area contributed by atoms with Crippen LogP contribution in [0.1, 0.15) is 21.5 Å². The van der Waals surface area contributed by atoms with E-state index in [1.807, 2.05) is 0 Å². The highest BCUT2D eigenvalue weighted by Gasteiger charge is 2.22. The predicted octanol–water partition coefficient (Wildman–Crippen LogP) is 3.34. The molecule has 5 heteroatoms. The number of hydrogen-bond donors (Lipinski definition) is 0. The minimum absolute atomic E-state index is 0.100. The van der Waals surface area contributed by atoms with E-state index in [4.69, 9.17) is 4.74 Å². The van der Waals surface area contributed by atoms with Gasteiger partial charge in [-0.15, -0.1) is 0 Å². The lowest BCUT2D eigenvalue weighted by molar-refractivity contribution is -0.385. The average Bonchev–Trinajstić information content (AvgIpc) is 2.46. The lowest BCUT2D eigenvalue weighted by Gasteiger charge is -2.07. The molecule has 0 unspecified atom stereocenters. The molecule has 2 aromatic carbocycles. The molecule has 0 amide bonds. The van der Waals surface area contributed by atoms with Crippen molar-refractivity contribution in [3.8, 4) is 5.75 Å². The van der Waals surface area contributed by atoms with Crippen molar-refractivity contribution >= 4 is 11.5 Å². The van der Waals surface area contributed by atoms with Crippen LogP contribution in [0.3, 0.4) is 0 Å². The number of nitrogens with zero attached hydrogens (tertiary/aromatic N) is 1. The van der Waals surface area contributed by atoms with Gasteiger partial charge >= 0.3 is 0 Å². The van der Waals surface area contributed by atoms with Crippen molar-refractivity contribution in [3.63, 3.8) is 0 Å². The topological polar surface area (TPSA) is 69.4 Å². The van der Waals surface area contributed by atoms with Crippen molar-refractivity contribution in [1.82, 2.24) is 0 Å². The molecule has 0 aliphatic carbocycles. The van der Waals surface area contributed by atoms with Gasteiger partial charge in [-0.2, -0.15) is 0 Å². The number of nitro benzene ring substituents is 1. The molecule has 5 nitrogen and oxygen atoms in total. The number of hydrogen-bond acceptors (Lipinski definition) is 4. The third kappa shape index (κ3) is 3.25. The lowest BCUT2D eigenvalue weighted by atomic mass is 9.97. The second-order valence-electron chi connectivity index (χ2n) is 4.68. The monoisotopic (exact) mass is 285 g/mol. The molecular formula is C16H15NO4. The summed E-state index contributed by atoms with van der Waals surface area (Å²) in [6.07, 6.45) is 0.100. The summed E-state index contributed by atoms with van der Waals surface area (Å²) < 4.78 is 5.11. The maximum absolute atomic E-state index is 12.4. The van der Waals surface area contributed by atoms with Crippen LogP contribution in [0.25, 0.3) is 0 Å². The number of benzene rings is 2. The van der Waals surface area contributed by atoms with Gasteiger partial charge in [-0.25, -0.2) is 0 Å². The molecule has 2 rings (SSSR count). The van der Waals surface area contributed by atoms with E-state index < -0.39 is 4.92 Å². The van der Waals surface area contributed by atoms with Crippen LogP contribution in [0.15, 0.2) is 42.5 Å². The molecule has 108 valence electrons. The van der Waals surface area contributed by atoms with Gasteiger partial charge in [0.05, 0.1) is 17.6 Å². The molecule has 0 aromatic heterocycles. The number of Topliss-reactive ketones (excluding diaryl/α,β-unsaturated/α-hetero) is 1. The number of ketones is 1. The van der Waals surface area contributed by atoms with Gasteiger partial charge in [0.15, 0.2) is 5.78 Å². The Hall–Kier alpha value is -2.69. The number of aryl methyl sites for hydroxylation is 1. The molecule has 21 heavy (non-hydrogen) atoms. The Labute approximate surface area is 122 Å². The molecule has 0 heterocycles. The third-order valence-corrected chi connectivity index (χ3v) is 3.23. The molecule has 0 saturated carbocycles. The standard InChI is InChI=1S/C16H15NO4/c1-11-5-3-8-14(17(19)20)16(11)15(18)10-12-6-4-7-13(9-12)21-2/h3-9H,10H2,1-2H3. The number of methoxy groups -OCH3 is 1. The van der Waals surface area contributed by atoms with Gasteiger partial charge in [0, 0.05) is 12.5 Å². The van der Waals surface area contributed by atoms with Gasteiger partial charge in [0.1, 0.15) is 5.75 Å². The van der Waals surface area contributed by atoms with Crippen LogP contribution in [0, 0.1) is 17.0 Å². The zero-order chi connectivity index (χ0) is 15.4.